The number of piperidine rings is 1. The average molecular weight is 394 g/mol. The van der Waals surface area contributed by atoms with E-state index in [1.165, 1.54) is 31.5 Å². The first kappa shape index (κ1) is 21.1. The Hall–Kier alpha value is -2.66. The normalized spacial score (nSPS) is 15.1. The second-order valence-electron chi connectivity index (χ2n) is 7.94. The number of nitrogens with one attached hydrogen (secondary N) is 2. The van der Waals surface area contributed by atoms with Crippen molar-refractivity contribution in [3.63, 3.8) is 0 Å². The van der Waals surface area contributed by atoms with Gasteiger partial charge in [-0.1, -0.05) is 44.2 Å². The van der Waals surface area contributed by atoms with E-state index in [-0.39, 0.29) is 11.8 Å². The Balaban J connectivity index is 1.50. The molecule has 1 heterocycles. The van der Waals surface area contributed by atoms with Gasteiger partial charge in [0.05, 0.1) is 0 Å². The number of likely N-dealkylation sites (tertiary alicyclic amines) is 1. The summed E-state index contributed by atoms with van der Waals surface area (Å²) in [5.74, 6) is 0.631. The van der Waals surface area contributed by atoms with Gasteiger partial charge in [0.1, 0.15) is 0 Å². The van der Waals surface area contributed by atoms with E-state index in [0.29, 0.717) is 24.2 Å². The molecule has 1 saturated heterocycles. The largest absolute Gasteiger partial charge is 0.348 e. The number of hydrogen-bond acceptors (Lipinski definition) is 3. The second kappa shape index (κ2) is 10.2. The highest BCUT2D eigenvalue weighted by Crippen LogP contribution is 2.18. The van der Waals surface area contributed by atoms with Gasteiger partial charge in [0.25, 0.3) is 5.91 Å². The van der Waals surface area contributed by atoms with Gasteiger partial charge < -0.3 is 10.6 Å². The molecule has 2 N–H and O–H groups in total. The van der Waals surface area contributed by atoms with Gasteiger partial charge in [-0.05, 0) is 61.2 Å². The first-order chi connectivity index (χ1) is 14.0. The van der Waals surface area contributed by atoms with Crippen molar-refractivity contribution in [2.24, 2.45) is 5.92 Å². The Labute approximate surface area is 173 Å². The van der Waals surface area contributed by atoms with Gasteiger partial charge in [0, 0.05) is 30.8 Å². The van der Waals surface area contributed by atoms with Gasteiger partial charge in [-0.3, -0.25) is 14.5 Å². The molecule has 5 heteroatoms. The first-order valence-electron chi connectivity index (χ1n) is 10.5. The number of carbonyl (C=O) groups excluding carboxylic acids is 2. The van der Waals surface area contributed by atoms with Crippen molar-refractivity contribution in [3.05, 3.63) is 65.2 Å². The van der Waals surface area contributed by atoms with E-state index in [4.69, 9.17) is 0 Å². The van der Waals surface area contributed by atoms with E-state index < -0.39 is 0 Å². The van der Waals surface area contributed by atoms with Crippen LogP contribution in [0.15, 0.2) is 48.5 Å². The van der Waals surface area contributed by atoms with Gasteiger partial charge in [0.15, 0.2) is 0 Å². The highest BCUT2D eigenvalue weighted by Gasteiger charge is 2.15. The molecule has 0 bridgehead atoms. The average Bonchev–Trinajstić information content (AvgIpc) is 2.74. The quantitative estimate of drug-likeness (QED) is 0.741. The minimum absolute atomic E-state index is 0.0679. The van der Waals surface area contributed by atoms with Crippen LogP contribution in [0.1, 0.15) is 54.6 Å². The molecule has 1 fully saturated rings. The van der Waals surface area contributed by atoms with Crippen LogP contribution >= 0.6 is 0 Å². The monoisotopic (exact) mass is 393 g/mol. The smallest absolute Gasteiger partial charge is 0.251 e. The molecule has 0 spiro atoms. The number of rotatable bonds is 7. The lowest BCUT2D eigenvalue weighted by Crippen LogP contribution is -2.32. The van der Waals surface area contributed by atoms with Crippen molar-refractivity contribution in [2.45, 2.75) is 46.2 Å². The second-order valence-corrected chi connectivity index (χ2v) is 7.94. The predicted molar refractivity (Wildman–Crippen MR) is 117 cm³/mol. The molecule has 2 aromatic carbocycles. The molecule has 2 aromatic rings. The molecular formula is C24H31N3O2. The Kier molecular flexibility index (Phi) is 7.42. The lowest BCUT2D eigenvalue weighted by Gasteiger charge is -2.30. The zero-order valence-electron chi connectivity index (χ0n) is 17.4. The van der Waals surface area contributed by atoms with Crippen LogP contribution in [0.4, 0.5) is 5.69 Å². The zero-order chi connectivity index (χ0) is 20.6. The molecule has 5 nitrogen and oxygen atoms in total. The van der Waals surface area contributed by atoms with Crippen molar-refractivity contribution < 1.29 is 9.59 Å². The third-order valence-electron chi connectivity index (χ3n) is 5.49. The summed E-state index contributed by atoms with van der Waals surface area (Å²) in [4.78, 5) is 26.5. The molecular weight excluding hydrogens is 362 g/mol. The van der Waals surface area contributed by atoms with Crippen molar-refractivity contribution in [3.8, 4) is 0 Å². The van der Waals surface area contributed by atoms with Crippen LogP contribution < -0.4 is 10.6 Å². The molecule has 0 atom stereocenters. The molecule has 1 aliphatic heterocycles. The Morgan fingerprint density at radius 1 is 1.03 bits per heavy atom. The lowest BCUT2D eigenvalue weighted by atomic mass is 9.99. The number of nitrogens with zero attached hydrogens (tertiary/aromatic N) is 1. The molecule has 0 aliphatic carbocycles. The fraction of sp³-hybridized carbons (Fsp3) is 0.417. The van der Waals surface area contributed by atoms with Crippen LogP contribution in [-0.2, 0) is 17.9 Å². The number of hydrogen-bond donors (Lipinski definition) is 2. The third kappa shape index (κ3) is 6.43. The topological polar surface area (TPSA) is 61.4 Å². The van der Waals surface area contributed by atoms with Crippen LogP contribution in [0.3, 0.4) is 0 Å². The Morgan fingerprint density at radius 2 is 1.72 bits per heavy atom. The summed E-state index contributed by atoms with van der Waals surface area (Å²) in [7, 11) is 0. The van der Waals surface area contributed by atoms with Crippen LogP contribution in [0, 0.1) is 5.92 Å². The minimum atomic E-state index is -0.149. The van der Waals surface area contributed by atoms with E-state index >= 15 is 0 Å². The number of amides is 2. The van der Waals surface area contributed by atoms with E-state index in [1.54, 1.807) is 31.2 Å². The number of carbonyl (C=O) groups is 2. The Morgan fingerprint density at radius 3 is 2.41 bits per heavy atom. The number of benzene rings is 2. The number of anilines is 1. The fourth-order valence-corrected chi connectivity index (χ4v) is 3.51. The zero-order valence-corrected chi connectivity index (χ0v) is 17.4. The van der Waals surface area contributed by atoms with Crippen LogP contribution in [-0.4, -0.2) is 29.8 Å². The van der Waals surface area contributed by atoms with Gasteiger partial charge in [0.2, 0.25) is 5.91 Å². The van der Waals surface area contributed by atoms with E-state index in [1.807, 2.05) is 0 Å². The summed E-state index contributed by atoms with van der Waals surface area (Å²) in [6, 6.07) is 15.5. The van der Waals surface area contributed by atoms with Gasteiger partial charge in [-0.15, -0.1) is 0 Å². The van der Waals surface area contributed by atoms with Crippen molar-refractivity contribution in [2.75, 3.05) is 18.4 Å². The highest BCUT2D eigenvalue weighted by atomic mass is 16.2. The predicted octanol–water partition coefficient (Wildman–Crippen LogP) is 4.20. The molecule has 0 saturated carbocycles. The molecule has 0 unspecified atom stereocenters. The summed E-state index contributed by atoms with van der Waals surface area (Å²) in [5.41, 5.74) is 3.56. The maximum atomic E-state index is 12.5. The van der Waals surface area contributed by atoms with Crippen LogP contribution in [0.5, 0.6) is 0 Å². The summed E-state index contributed by atoms with van der Waals surface area (Å²) in [5, 5.41) is 5.73. The minimum Gasteiger partial charge on any atom is -0.348 e. The molecule has 0 aromatic heterocycles. The summed E-state index contributed by atoms with van der Waals surface area (Å²) < 4.78 is 0. The molecule has 29 heavy (non-hydrogen) atoms. The van der Waals surface area contributed by atoms with Crippen molar-refractivity contribution in [1.82, 2.24) is 10.2 Å². The van der Waals surface area contributed by atoms with Crippen molar-refractivity contribution in [1.29, 1.82) is 0 Å². The van der Waals surface area contributed by atoms with Gasteiger partial charge >= 0.3 is 0 Å². The summed E-state index contributed by atoms with van der Waals surface area (Å²) in [6.45, 7) is 7.96. The SMILES string of the molecule is CCC(=O)Nc1cccc(C(=O)NCc2ccc(CN3CCC(C)CC3)cc2)c1. The molecule has 154 valence electrons. The van der Waals surface area contributed by atoms with E-state index in [9.17, 15) is 9.59 Å². The standard InChI is InChI=1S/C24H31N3O2/c1-3-23(28)26-22-6-4-5-21(15-22)24(29)25-16-19-7-9-20(10-8-19)17-27-13-11-18(2)12-14-27/h4-10,15,18H,3,11-14,16-17H2,1-2H3,(H,25,29)(H,26,28). The van der Waals surface area contributed by atoms with E-state index in [2.05, 4.69) is 46.7 Å². The van der Waals surface area contributed by atoms with Crippen molar-refractivity contribution >= 4 is 17.5 Å². The highest BCUT2D eigenvalue weighted by molar-refractivity contribution is 5.97. The fourth-order valence-electron chi connectivity index (χ4n) is 3.51. The van der Waals surface area contributed by atoms with Gasteiger partial charge in [-0.2, -0.15) is 0 Å². The van der Waals surface area contributed by atoms with E-state index in [0.717, 1.165) is 18.0 Å². The van der Waals surface area contributed by atoms with Crippen LogP contribution in [0.25, 0.3) is 0 Å². The van der Waals surface area contributed by atoms with Gasteiger partial charge in [-0.25, -0.2) is 0 Å². The molecule has 1 aliphatic rings. The summed E-state index contributed by atoms with van der Waals surface area (Å²) >= 11 is 0. The lowest BCUT2D eigenvalue weighted by molar-refractivity contribution is -0.115. The Bertz CT molecular complexity index is 824. The molecule has 2 amide bonds. The maximum absolute atomic E-state index is 12.5. The first-order valence-corrected chi connectivity index (χ1v) is 10.5. The molecule has 0 radical (unpaired) electrons. The molecule has 3 rings (SSSR count). The van der Waals surface area contributed by atoms with Crippen LogP contribution in [0.2, 0.25) is 0 Å². The summed E-state index contributed by atoms with van der Waals surface area (Å²) in [6.07, 6.45) is 2.98. The maximum Gasteiger partial charge on any atom is 0.251 e. The third-order valence-corrected chi connectivity index (χ3v) is 5.49.